The van der Waals surface area contributed by atoms with Gasteiger partial charge in [-0.1, -0.05) is 59.6 Å². The van der Waals surface area contributed by atoms with Crippen molar-refractivity contribution < 1.29 is 26.3 Å². The van der Waals surface area contributed by atoms with E-state index in [0.29, 0.717) is 17.0 Å². The van der Waals surface area contributed by atoms with Gasteiger partial charge in [0.2, 0.25) is 0 Å². The highest BCUT2D eigenvalue weighted by Gasteiger charge is 2.42. The van der Waals surface area contributed by atoms with Gasteiger partial charge in [-0.15, -0.1) is 0 Å². The van der Waals surface area contributed by atoms with Gasteiger partial charge < -0.3 is 0 Å². The molecule has 3 aromatic rings. The highest BCUT2D eigenvalue weighted by Crippen LogP contribution is 2.42. The molecule has 0 aliphatic carbocycles. The number of nitrogens with zero attached hydrogens (tertiary/aromatic N) is 2. The summed E-state index contributed by atoms with van der Waals surface area (Å²) in [5.74, 6) is 0. The van der Waals surface area contributed by atoms with Gasteiger partial charge in [0.1, 0.15) is 0 Å². The molecule has 0 saturated carbocycles. The number of hydrogen-bond acceptors (Lipinski definition) is 2. The van der Waals surface area contributed by atoms with Crippen LogP contribution in [0.3, 0.4) is 0 Å². The molecular formula is C24H16Cl2F6N2. The van der Waals surface area contributed by atoms with E-state index in [0.717, 1.165) is 17.7 Å². The van der Waals surface area contributed by atoms with E-state index in [-0.39, 0.29) is 6.54 Å². The minimum absolute atomic E-state index is 0.215. The molecule has 0 bridgehead atoms. The molecule has 1 aliphatic rings. The van der Waals surface area contributed by atoms with Gasteiger partial charge in [0.25, 0.3) is 0 Å². The number of rotatable bonds is 3. The van der Waals surface area contributed by atoms with E-state index in [1.165, 1.54) is 29.3 Å². The summed E-state index contributed by atoms with van der Waals surface area (Å²) in [6, 6.07) is 15.8. The minimum Gasteiger partial charge on any atom is -0.264 e. The number of alkyl halides is 6. The maximum Gasteiger partial charge on any atom is 0.417 e. The summed E-state index contributed by atoms with van der Waals surface area (Å²) in [5.41, 5.74) is -0.820. The second kappa shape index (κ2) is 8.50. The SMILES string of the molecule is CC1(c2ccccc2)CN(c2ccc(C(F)(F)F)c(Cl)c2)N=C1c1ccc(C(F)(F)F)c(Cl)c1. The van der Waals surface area contributed by atoms with Gasteiger partial charge in [0, 0.05) is 5.56 Å². The van der Waals surface area contributed by atoms with Gasteiger partial charge in [-0.25, -0.2) is 0 Å². The summed E-state index contributed by atoms with van der Waals surface area (Å²) in [4.78, 5) is 0. The van der Waals surface area contributed by atoms with Crippen LogP contribution in [0.25, 0.3) is 0 Å². The zero-order valence-electron chi connectivity index (χ0n) is 17.5. The lowest BCUT2D eigenvalue weighted by Gasteiger charge is -2.28. The Bertz CT molecular complexity index is 1250. The van der Waals surface area contributed by atoms with Crippen LogP contribution in [0.2, 0.25) is 10.0 Å². The summed E-state index contributed by atoms with van der Waals surface area (Å²) < 4.78 is 79.0. The first kappa shape index (κ1) is 24.4. The van der Waals surface area contributed by atoms with Gasteiger partial charge in [0.15, 0.2) is 0 Å². The second-order valence-electron chi connectivity index (χ2n) is 8.06. The zero-order chi connectivity index (χ0) is 24.9. The van der Waals surface area contributed by atoms with Crippen molar-refractivity contribution in [1.29, 1.82) is 0 Å². The lowest BCUT2D eigenvalue weighted by atomic mass is 9.76. The molecule has 0 radical (unpaired) electrons. The molecule has 0 N–H and O–H groups in total. The number of hydrogen-bond donors (Lipinski definition) is 0. The number of benzene rings is 3. The molecule has 0 spiro atoms. The van der Waals surface area contributed by atoms with Crippen molar-refractivity contribution in [3.63, 3.8) is 0 Å². The summed E-state index contributed by atoms with van der Waals surface area (Å²) in [5, 5.41) is 5.13. The molecule has 4 rings (SSSR count). The summed E-state index contributed by atoms with van der Waals surface area (Å²) >= 11 is 11.8. The average Bonchev–Trinajstić information content (AvgIpc) is 3.11. The van der Waals surface area contributed by atoms with E-state index in [9.17, 15) is 26.3 Å². The van der Waals surface area contributed by atoms with Gasteiger partial charge >= 0.3 is 12.4 Å². The lowest BCUT2D eigenvalue weighted by molar-refractivity contribution is -0.138. The van der Waals surface area contributed by atoms with Crippen molar-refractivity contribution in [2.45, 2.75) is 24.7 Å². The molecule has 10 heteroatoms. The Balaban J connectivity index is 1.82. The maximum absolute atomic E-state index is 13.2. The quantitative estimate of drug-likeness (QED) is 0.320. The van der Waals surface area contributed by atoms with Crippen molar-refractivity contribution >= 4 is 34.6 Å². The van der Waals surface area contributed by atoms with E-state index in [1.54, 1.807) is 0 Å². The Morgan fingerprint density at radius 3 is 1.88 bits per heavy atom. The second-order valence-corrected chi connectivity index (χ2v) is 8.87. The Kier molecular flexibility index (Phi) is 6.10. The third-order valence-electron chi connectivity index (χ3n) is 5.72. The monoisotopic (exact) mass is 516 g/mol. The van der Waals surface area contributed by atoms with E-state index < -0.39 is 38.9 Å². The Labute approximate surface area is 201 Å². The smallest absolute Gasteiger partial charge is 0.264 e. The largest absolute Gasteiger partial charge is 0.417 e. The molecule has 2 nitrogen and oxygen atoms in total. The fraction of sp³-hybridized carbons (Fsp3) is 0.208. The Hall–Kier alpha value is -2.71. The highest BCUT2D eigenvalue weighted by molar-refractivity contribution is 6.32. The zero-order valence-corrected chi connectivity index (χ0v) is 19.0. The fourth-order valence-electron chi connectivity index (χ4n) is 3.99. The average molecular weight is 517 g/mol. The Morgan fingerprint density at radius 2 is 1.35 bits per heavy atom. The molecule has 1 aliphatic heterocycles. The summed E-state index contributed by atoms with van der Waals surface area (Å²) in [6.45, 7) is 2.07. The van der Waals surface area contributed by atoms with Gasteiger partial charge in [-0.05, 0) is 42.8 Å². The van der Waals surface area contributed by atoms with Crippen molar-refractivity contribution in [2.75, 3.05) is 11.6 Å². The molecule has 34 heavy (non-hydrogen) atoms. The molecule has 0 amide bonds. The summed E-state index contributed by atoms with van der Waals surface area (Å²) in [7, 11) is 0. The minimum atomic E-state index is -4.61. The lowest BCUT2D eigenvalue weighted by Crippen LogP contribution is -2.36. The predicted molar refractivity (Wildman–Crippen MR) is 121 cm³/mol. The van der Waals surface area contributed by atoms with Crippen LogP contribution in [-0.2, 0) is 17.8 Å². The normalized spacial score (nSPS) is 18.9. The van der Waals surface area contributed by atoms with Gasteiger partial charge in [-0.2, -0.15) is 31.4 Å². The number of anilines is 1. The molecule has 3 aromatic carbocycles. The van der Waals surface area contributed by atoms with Crippen molar-refractivity contribution in [2.24, 2.45) is 5.10 Å². The predicted octanol–water partition coefficient (Wildman–Crippen LogP) is 8.21. The molecule has 0 saturated heterocycles. The molecule has 0 fully saturated rings. The molecule has 1 unspecified atom stereocenters. The van der Waals surface area contributed by atoms with Crippen LogP contribution >= 0.6 is 23.2 Å². The first-order chi connectivity index (χ1) is 15.8. The number of hydrazone groups is 1. The van der Waals surface area contributed by atoms with Crippen LogP contribution < -0.4 is 5.01 Å². The molecule has 1 atom stereocenters. The van der Waals surface area contributed by atoms with Crippen molar-refractivity contribution in [3.8, 4) is 0 Å². The molecular weight excluding hydrogens is 501 g/mol. The van der Waals surface area contributed by atoms with Crippen LogP contribution in [0.1, 0.15) is 29.2 Å². The standard InChI is InChI=1S/C24H16Cl2F6N2/c1-22(15-5-3-2-4-6-15)13-34(16-8-10-18(20(26)12-16)24(30,31)32)33-21(22)14-7-9-17(19(25)11-14)23(27,28)29/h2-12H,13H2,1H3. The summed E-state index contributed by atoms with van der Waals surface area (Å²) in [6.07, 6.45) is -9.22. The van der Waals surface area contributed by atoms with E-state index in [1.807, 2.05) is 37.3 Å². The van der Waals surface area contributed by atoms with Crippen LogP contribution in [0.15, 0.2) is 71.8 Å². The first-order valence-electron chi connectivity index (χ1n) is 9.97. The Morgan fingerprint density at radius 1 is 0.794 bits per heavy atom. The van der Waals surface area contributed by atoms with Gasteiger partial charge in [0.05, 0.1) is 44.5 Å². The first-order valence-corrected chi connectivity index (χ1v) is 10.7. The maximum atomic E-state index is 13.2. The molecule has 1 heterocycles. The van der Waals surface area contributed by atoms with Crippen molar-refractivity contribution in [1.82, 2.24) is 0 Å². The van der Waals surface area contributed by atoms with Crippen molar-refractivity contribution in [3.05, 3.63) is 99.0 Å². The van der Waals surface area contributed by atoms with Crippen LogP contribution in [0.5, 0.6) is 0 Å². The van der Waals surface area contributed by atoms with E-state index >= 15 is 0 Å². The highest BCUT2D eigenvalue weighted by atomic mass is 35.5. The molecule has 0 aromatic heterocycles. The van der Waals surface area contributed by atoms with E-state index in [2.05, 4.69) is 5.10 Å². The van der Waals surface area contributed by atoms with Crippen LogP contribution in [-0.4, -0.2) is 12.3 Å². The third-order valence-corrected chi connectivity index (χ3v) is 6.35. The third kappa shape index (κ3) is 4.49. The van der Waals surface area contributed by atoms with Crippen LogP contribution in [0.4, 0.5) is 32.0 Å². The van der Waals surface area contributed by atoms with E-state index in [4.69, 9.17) is 23.2 Å². The van der Waals surface area contributed by atoms with Gasteiger partial charge in [-0.3, -0.25) is 5.01 Å². The molecule has 178 valence electrons. The number of halogens is 8. The van der Waals surface area contributed by atoms with Crippen LogP contribution in [0, 0.1) is 0 Å². The topological polar surface area (TPSA) is 15.6 Å². The fourth-order valence-corrected chi connectivity index (χ4v) is 4.56.